The van der Waals surface area contributed by atoms with Gasteiger partial charge in [-0.3, -0.25) is 4.79 Å². The fourth-order valence-corrected chi connectivity index (χ4v) is 2.64. The third kappa shape index (κ3) is 2.75. The predicted molar refractivity (Wildman–Crippen MR) is 73.6 cm³/mol. The van der Waals surface area contributed by atoms with E-state index in [0.29, 0.717) is 18.5 Å². The molecule has 1 amide bonds. The Hall–Kier alpha value is -2.06. The number of nitrogens with one attached hydrogen (secondary N) is 1. The molecular formula is C14H13ClN2O3. The fraction of sp³-hybridized carbons (Fsp3) is 0.357. The van der Waals surface area contributed by atoms with Gasteiger partial charge < -0.3 is 10.4 Å². The summed E-state index contributed by atoms with van der Waals surface area (Å²) >= 11 is 5.83. The molecular weight excluding hydrogens is 280 g/mol. The van der Waals surface area contributed by atoms with Crippen molar-refractivity contribution in [3.8, 4) is 6.07 Å². The van der Waals surface area contributed by atoms with Crippen LogP contribution in [-0.4, -0.2) is 17.0 Å². The van der Waals surface area contributed by atoms with Crippen molar-refractivity contribution in [1.82, 2.24) is 0 Å². The van der Waals surface area contributed by atoms with Gasteiger partial charge in [0.2, 0.25) is 5.91 Å². The number of carbonyl (C=O) groups is 2. The number of benzene rings is 1. The van der Waals surface area contributed by atoms with Crippen molar-refractivity contribution >= 4 is 29.2 Å². The molecule has 1 fully saturated rings. The summed E-state index contributed by atoms with van der Waals surface area (Å²) in [4.78, 5) is 23.2. The van der Waals surface area contributed by atoms with Crippen LogP contribution in [0, 0.1) is 16.7 Å². The molecule has 2 rings (SSSR count). The number of amides is 1. The molecule has 104 valence electrons. The van der Waals surface area contributed by atoms with Gasteiger partial charge in [0.15, 0.2) is 0 Å². The van der Waals surface area contributed by atoms with E-state index in [1.54, 1.807) is 0 Å². The number of carboxylic acids is 1. The predicted octanol–water partition coefficient (Wildman–Crippen LogP) is 3.06. The summed E-state index contributed by atoms with van der Waals surface area (Å²) < 4.78 is 0. The molecule has 0 aromatic heterocycles. The normalized spacial score (nSPS) is 16.4. The van der Waals surface area contributed by atoms with Crippen LogP contribution in [0.5, 0.6) is 0 Å². The summed E-state index contributed by atoms with van der Waals surface area (Å²) in [5.74, 6) is -1.52. The molecule has 0 bridgehead atoms. The number of carboxylic acid groups (broad SMARTS) is 1. The maximum Gasteiger partial charge on any atom is 0.335 e. The molecule has 0 unspecified atom stereocenters. The minimum absolute atomic E-state index is 0.00905. The third-order valence-corrected chi connectivity index (χ3v) is 3.73. The lowest BCUT2D eigenvalue weighted by atomic mass is 9.87. The number of anilines is 1. The van der Waals surface area contributed by atoms with Crippen molar-refractivity contribution < 1.29 is 14.7 Å². The molecule has 0 aliphatic heterocycles. The summed E-state index contributed by atoms with van der Waals surface area (Å²) in [6, 6.07) is 6.18. The Morgan fingerprint density at radius 1 is 1.30 bits per heavy atom. The van der Waals surface area contributed by atoms with Gasteiger partial charge in [-0.25, -0.2) is 4.79 Å². The summed E-state index contributed by atoms with van der Waals surface area (Å²) in [6.07, 6.45) is 2.75. The molecule has 1 saturated carbocycles. The first-order chi connectivity index (χ1) is 9.47. The minimum Gasteiger partial charge on any atom is -0.478 e. The first-order valence-electron chi connectivity index (χ1n) is 6.23. The highest BCUT2D eigenvalue weighted by Crippen LogP contribution is 2.38. The molecule has 6 heteroatoms. The van der Waals surface area contributed by atoms with Crippen LogP contribution < -0.4 is 5.32 Å². The van der Waals surface area contributed by atoms with E-state index in [9.17, 15) is 14.9 Å². The monoisotopic (exact) mass is 292 g/mol. The number of rotatable bonds is 3. The van der Waals surface area contributed by atoms with E-state index < -0.39 is 17.3 Å². The fourth-order valence-electron chi connectivity index (χ4n) is 2.40. The second-order valence-electron chi connectivity index (χ2n) is 4.89. The van der Waals surface area contributed by atoms with Gasteiger partial charge in [0.25, 0.3) is 0 Å². The Kier molecular flexibility index (Phi) is 3.96. The van der Waals surface area contributed by atoms with Gasteiger partial charge in [-0.2, -0.15) is 5.26 Å². The summed E-state index contributed by atoms with van der Waals surface area (Å²) in [5, 5.41) is 21.0. The van der Waals surface area contributed by atoms with Crippen molar-refractivity contribution in [2.75, 3.05) is 5.32 Å². The van der Waals surface area contributed by atoms with Crippen LogP contribution in [0.3, 0.4) is 0 Å². The van der Waals surface area contributed by atoms with Crippen molar-refractivity contribution in [3.63, 3.8) is 0 Å². The number of aromatic carboxylic acids is 1. The average Bonchev–Trinajstić information content (AvgIpc) is 2.88. The molecule has 0 atom stereocenters. The Balaban J connectivity index is 2.24. The van der Waals surface area contributed by atoms with Crippen LogP contribution in [0.4, 0.5) is 5.69 Å². The van der Waals surface area contributed by atoms with E-state index in [2.05, 4.69) is 11.4 Å². The van der Waals surface area contributed by atoms with E-state index in [0.717, 1.165) is 12.8 Å². The Bertz CT molecular complexity index is 601. The zero-order valence-electron chi connectivity index (χ0n) is 10.6. The largest absolute Gasteiger partial charge is 0.478 e. The van der Waals surface area contributed by atoms with E-state index in [4.69, 9.17) is 16.7 Å². The Labute approximate surface area is 121 Å². The molecule has 20 heavy (non-hydrogen) atoms. The quantitative estimate of drug-likeness (QED) is 0.896. The van der Waals surface area contributed by atoms with Crippen LogP contribution in [-0.2, 0) is 4.79 Å². The first kappa shape index (κ1) is 14.4. The standard InChI is InChI=1S/C14H13ClN2O3/c15-10-5-9(12(18)19)6-11(7-10)17-13(20)14(8-16)3-1-2-4-14/h5-7H,1-4H2,(H,17,20)(H,18,19). The molecule has 2 N–H and O–H groups in total. The molecule has 0 spiro atoms. The molecule has 1 aliphatic rings. The zero-order chi connectivity index (χ0) is 14.8. The Morgan fingerprint density at radius 3 is 2.50 bits per heavy atom. The molecule has 5 nitrogen and oxygen atoms in total. The van der Waals surface area contributed by atoms with E-state index in [1.165, 1.54) is 18.2 Å². The second-order valence-corrected chi connectivity index (χ2v) is 5.33. The van der Waals surface area contributed by atoms with Gasteiger partial charge in [0, 0.05) is 10.7 Å². The molecule has 0 heterocycles. The second kappa shape index (κ2) is 5.51. The number of nitrogens with zero attached hydrogens (tertiary/aromatic N) is 1. The topological polar surface area (TPSA) is 90.2 Å². The SMILES string of the molecule is N#CC1(C(=O)Nc2cc(Cl)cc(C(=O)O)c2)CCCC1. The van der Waals surface area contributed by atoms with Gasteiger partial charge in [-0.15, -0.1) is 0 Å². The average molecular weight is 293 g/mol. The summed E-state index contributed by atoms with van der Waals surface area (Å²) in [7, 11) is 0. The smallest absolute Gasteiger partial charge is 0.335 e. The van der Waals surface area contributed by atoms with Crippen LogP contribution >= 0.6 is 11.6 Å². The lowest BCUT2D eigenvalue weighted by Gasteiger charge is -2.19. The van der Waals surface area contributed by atoms with E-state index in [1.807, 2.05) is 0 Å². The number of hydrogen-bond donors (Lipinski definition) is 2. The highest BCUT2D eigenvalue weighted by molar-refractivity contribution is 6.31. The van der Waals surface area contributed by atoms with E-state index in [-0.39, 0.29) is 10.6 Å². The first-order valence-corrected chi connectivity index (χ1v) is 6.61. The van der Waals surface area contributed by atoms with Crippen molar-refractivity contribution in [2.45, 2.75) is 25.7 Å². The van der Waals surface area contributed by atoms with Gasteiger partial charge in [0.1, 0.15) is 5.41 Å². The molecule has 1 aromatic rings. The van der Waals surface area contributed by atoms with Crippen LogP contribution in [0.2, 0.25) is 5.02 Å². The number of nitriles is 1. The van der Waals surface area contributed by atoms with Crippen molar-refractivity contribution in [3.05, 3.63) is 28.8 Å². The zero-order valence-corrected chi connectivity index (χ0v) is 11.4. The highest BCUT2D eigenvalue weighted by Gasteiger charge is 2.41. The number of carbonyl (C=O) groups excluding carboxylic acids is 1. The highest BCUT2D eigenvalue weighted by atomic mass is 35.5. The molecule has 0 saturated heterocycles. The van der Waals surface area contributed by atoms with E-state index >= 15 is 0 Å². The van der Waals surface area contributed by atoms with Crippen LogP contribution in [0.25, 0.3) is 0 Å². The third-order valence-electron chi connectivity index (χ3n) is 3.51. The van der Waals surface area contributed by atoms with Crippen LogP contribution in [0.15, 0.2) is 18.2 Å². The lowest BCUT2D eigenvalue weighted by Crippen LogP contribution is -2.32. The maximum atomic E-state index is 12.2. The van der Waals surface area contributed by atoms with Crippen molar-refractivity contribution in [2.24, 2.45) is 5.41 Å². The molecule has 0 radical (unpaired) electrons. The minimum atomic E-state index is -1.13. The van der Waals surface area contributed by atoms with Crippen LogP contribution in [0.1, 0.15) is 36.0 Å². The molecule has 1 aliphatic carbocycles. The Morgan fingerprint density at radius 2 is 1.95 bits per heavy atom. The lowest BCUT2D eigenvalue weighted by molar-refractivity contribution is -0.122. The number of hydrogen-bond acceptors (Lipinski definition) is 3. The van der Waals surface area contributed by atoms with Gasteiger partial charge in [-0.05, 0) is 31.0 Å². The summed E-state index contributed by atoms with van der Waals surface area (Å²) in [6.45, 7) is 0. The van der Waals surface area contributed by atoms with Gasteiger partial charge in [0.05, 0.1) is 11.6 Å². The molecule has 1 aromatic carbocycles. The number of halogens is 1. The van der Waals surface area contributed by atoms with Crippen molar-refractivity contribution in [1.29, 1.82) is 5.26 Å². The van der Waals surface area contributed by atoms with Gasteiger partial charge >= 0.3 is 5.97 Å². The summed E-state index contributed by atoms with van der Waals surface area (Å²) in [5.41, 5.74) is -0.724. The van der Waals surface area contributed by atoms with Gasteiger partial charge in [-0.1, -0.05) is 24.4 Å². The maximum absolute atomic E-state index is 12.2.